The molecule has 0 aliphatic heterocycles. The fourth-order valence-corrected chi connectivity index (χ4v) is 1.24. The Morgan fingerprint density at radius 3 is 2.31 bits per heavy atom. The maximum Gasteiger partial charge on any atom is 0.238 e. The molecule has 0 aliphatic carbocycles. The first kappa shape index (κ1) is 14.6. The Labute approximate surface area is 96.9 Å². The van der Waals surface area contributed by atoms with E-state index >= 15 is 0 Å². The highest BCUT2D eigenvalue weighted by Crippen LogP contribution is 1.92. The molecule has 0 spiro atoms. The van der Waals surface area contributed by atoms with Crippen LogP contribution in [-0.2, 0) is 9.59 Å². The third kappa shape index (κ3) is 4.93. The lowest BCUT2D eigenvalue weighted by Gasteiger charge is -2.21. The van der Waals surface area contributed by atoms with Crippen LogP contribution in [0.2, 0.25) is 0 Å². The Bertz CT molecular complexity index is 264. The predicted octanol–water partition coefficient (Wildman–Crippen LogP) is -0.257. The molecule has 2 atom stereocenters. The number of likely N-dealkylation sites (N-methyl/N-ethyl adjacent to an activating group) is 1. The summed E-state index contributed by atoms with van der Waals surface area (Å²) in [6, 6.07) is -0.779. The van der Waals surface area contributed by atoms with Gasteiger partial charge in [0.15, 0.2) is 0 Å². The van der Waals surface area contributed by atoms with Gasteiger partial charge in [-0.2, -0.15) is 0 Å². The number of carbonyl (C=O) groups is 2. The summed E-state index contributed by atoms with van der Waals surface area (Å²) < 4.78 is 0. The van der Waals surface area contributed by atoms with Crippen molar-refractivity contribution in [2.24, 2.45) is 0 Å². The number of amides is 2. The minimum Gasteiger partial charge on any atom is -0.351 e. The van der Waals surface area contributed by atoms with E-state index in [4.69, 9.17) is 0 Å². The highest BCUT2D eigenvalue weighted by atomic mass is 16.2. The molecule has 2 unspecified atom stereocenters. The molecule has 2 amide bonds. The van der Waals surface area contributed by atoms with Gasteiger partial charge in [-0.3, -0.25) is 14.9 Å². The van der Waals surface area contributed by atoms with Gasteiger partial charge in [0.05, 0.1) is 12.1 Å². The number of hydrogen-bond donors (Lipinski definition) is 2. The average molecular weight is 227 g/mol. The van der Waals surface area contributed by atoms with Crippen LogP contribution in [0.1, 0.15) is 13.8 Å². The molecule has 0 aromatic heterocycles. The number of nitrogens with one attached hydrogen (secondary N) is 2. The summed E-state index contributed by atoms with van der Waals surface area (Å²) in [6.07, 6.45) is 1.61. The normalized spacial score (nSPS) is 13.8. The van der Waals surface area contributed by atoms with E-state index in [0.717, 1.165) is 0 Å². The van der Waals surface area contributed by atoms with E-state index in [1.165, 1.54) is 4.90 Å². The maximum absolute atomic E-state index is 11.5. The van der Waals surface area contributed by atoms with Crippen LogP contribution in [-0.4, -0.2) is 49.4 Å². The summed E-state index contributed by atoms with van der Waals surface area (Å²) in [6.45, 7) is 7.40. The Morgan fingerprint density at radius 2 is 1.88 bits per heavy atom. The van der Waals surface area contributed by atoms with Crippen LogP contribution in [0.15, 0.2) is 12.7 Å². The summed E-state index contributed by atoms with van der Waals surface area (Å²) in [7, 11) is 3.37. The van der Waals surface area contributed by atoms with Crippen LogP contribution in [0.25, 0.3) is 0 Å². The molecule has 0 fully saturated rings. The first-order chi connectivity index (χ1) is 7.40. The molecule has 0 radical (unpaired) electrons. The van der Waals surface area contributed by atoms with Crippen molar-refractivity contribution in [3.63, 3.8) is 0 Å². The lowest BCUT2D eigenvalue weighted by atomic mass is 10.2. The lowest BCUT2D eigenvalue weighted by molar-refractivity contribution is -0.131. The van der Waals surface area contributed by atoms with Crippen molar-refractivity contribution >= 4 is 11.8 Å². The van der Waals surface area contributed by atoms with E-state index in [-0.39, 0.29) is 17.9 Å². The van der Waals surface area contributed by atoms with Gasteiger partial charge in [0, 0.05) is 20.6 Å². The summed E-state index contributed by atoms with van der Waals surface area (Å²) in [5.74, 6) is -0.193. The van der Waals surface area contributed by atoms with E-state index in [9.17, 15) is 9.59 Å². The third-order valence-corrected chi connectivity index (χ3v) is 2.13. The van der Waals surface area contributed by atoms with Crippen molar-refractivity contribution in [2.45, 2.75) is 25.9 Å². The van der Waals surface area contributed by atoms with Gasteiger partial charge in [-0.25, -0.2) is 0 Å². The molecule has 92 valence electrons. The SMILES string of the molecule is C=CCNC(=O)C(C)NC(C)C(=O)N(C)C. The molecular weight excluding hydrogens is 206 g/mol. The van der Waals surface area contributed by atoms with Gasteiger partial charge in [0.2, 0.25) is 11.8 Å². The molecule has 2 N–H and O–H groups in total. The Kier molecular flexibility index (Phi) is 6.41. The minimum absolute atomic E-state index is 0.0524. The van der Waals surface area contributed by atoms with Crippen molar-refractivity contribution in [1.29, 1.82) is 0 Å². The van der Waals surface area contributed by atoms with Crippen LogP contribution in [0.5, 0.6) is 0 Å². The summed E-state index contributed by atoms with van der Waals surface area (Å²) >= 11 is 0. The summed E-state index contributed by atoms with van der Waals surface area (Å²) in [4.78, 5) is 24.5. The van der Waals surface area contributed by atoms with Crippen LogP contribution < -0.4 is 10.6 Å². The molecule has 0 saturated carbocycles. The molecule has 5 nitrogen and oxygen atoms in total. The van der Waals surface area contributed by atoms with Gasteiger partial charge in [-0.15, -0.1) is 6.58 Å². The molecule has 16 heavy (non-hydrogen) atoms. The first-order valence-electron chi connectivity index (χ1n) is 5.26. The topological polar surface area (TPSA) is 61.4 Å². The third-order valence-electron chi connectivity index (χ3n) is 2.13. The molecule has 0 aromatic carbocycles. The minimum atomic E-state index is -0.404. The number of rotatable bonds is 6. The monoisotopic (exact) mass is 227 g/mol. The Balaban J connectivity index is 4.12. The van der Waals surface area contributed by atoms with Gasteiger partial charge in [0.1, 0.15) is 0 Å². The van der Waals surface area contributed by atoms with Gasteiger partial charge in [-0.1, -0.05) is 6.08 Å². The van der Waals surface area contributed by atoms with Crippen LogP contribution in [0.4, 0.5) is 0 Å². The standard InChI is InChI=1S/C11H21N3O2/c1-6-7-12-10(15)8(2)13-9(3)11(16)14(4)5/h6,8-9,13H,1,7H2,2-5H3,(H,12,15). The van der Waals surface area contributed by atoms with E-state index in [2.05, 4.69) is 17.2 Å². The zero-order valence-corrected chi connectivity index (χ0v) is 10.4. The molecule has 0 rings (SSSR count). The summed E-state index contributed by atoms with van der Waals surface area (Å²) in [5, 5.41) is 5.59. The predicted molar refractivity (Wildman–Crippen MR) is 64.0 cm³/mol. The van der Waals surface area contributed by atoms with Gasteiger partial charge >= 0.3 is 0 Å². The molecule has 0 heterocycles. The van der Waals surface area contributed by atoms with Crippen molar-refractivity contribution in [1.82, 2.24) is 15.5 Å². The first-order valence-corrected chi connectivity index (χ1v) is 5.26. The lowest BCUT2D eigenvalue weighted by Crippen LogP contribution is -2.50. The maximum atomic E-state index is 11.5. The highest BCUT2D eigenvalue weighted by Gasteiger charge is 2.20. The molecule has 0 aliphatic rings. The zero-order chi connectivity index (χ0) is 12.7. The van der Waals surface area contributed by atoms with Crippen molar-refractivity contribution in [2.75, 3.05) is 20.6 Å². The van der Waals surface area contributed by atoms with E-state index < -0.39 is 6.04 Å². The van der Waals surface area contributed by atoms with Crippen LogP contribution in [0, 0.1) is 0 Å². The molecular formula is C11H21N3O2. The Hall–Kier alpha value is -1.36. The van der Waals surface area contributed by atoms with Gasteiger partial charge in [0.25, 0.3) is 0 Å². The van der Waals surface area contributed by atoms with Crippen molar-refractivity contribution in [3.05, 3.63) is 12.7 Å². The summed E-state index contributed by atoms with van der Waals surface area (Å²) in [5.41, 5.74) is 0. The number of carbonyl (C=O) groups excluding carboxylic acids is 2. The second-order valence-corrected chi connectivity index (χ2v) is 3.88. The van der Waals surface area contributed by atoms with E-state index in [1.807, 2.05) is 0 Å². The Morgan fingerprint density at radius 1 is 1.31 bits per heavy atom. The zero-order valence-electron chi connectivity index (χ0n) is 10.4. The fraction of sp³-hybridized carbons (Fsp3) is 0.636. The molecule has 5 heteroatoms. The smallest absolute Gasteiger partial charge is 0.238 e. The quantitative estimate of drug-likeness (QED) is 0.615. The number of nitrogens with zero attached hydrogens (tertiary/aromatic N) is 1. The largest absolute Gasteiger partial charge is 0.351 e. The fourth-order valence-electron chi connectivity index (χ4n) is 1.24. The average Bonchev–Trinajstić information content (AvgIpc) is 2.24. The van der Waals surface area contributed by atoms with Crippen molar-refractivity contribution < 1.29 is 9.59 Å². The molecule has 0 saturated heterocycles. The van der Waals surface area contributed by atoms with Gasteiger partial charge < -0.3 is 10.2 Å². The van der Waals surface area contributed by atoms with Gasteiger partial charge in [-0.05, 0) is 13.8 Å². The second kappa shape index (κ2) is 7.00. The van der Waals surface area contributed by atoms with Crippen LogP contribution >= 0.6 is 0 Å². The second-order valence-electron chi connectivity index (χ2n) is 3.88. The molecule has 0 bridgehead atoms. The van der Waals surface area contributed by atoms with Crippen molar-refractivity contribution in [3.8, 4) is 0 Å². The number of hydrogen-bond acceptors (Lipinski definition) is 3. The van der Waals surface area contributed by atoms with Crippen LogP contribution in [0.3, 0.4) is 0 Å². The van der Waals surface area contributed by atoms with E-state index in [1.54, 1.807) is 34.0 Å². The van der Waals surface area contributed by atoms with E-state index in [0.29, 0.717) is 6.54 Å². The highest BCUT2D eigenvalue weighted by molar-refractivity contribution is 5.84. The molecule has 0 aromatic rings.